The van der Waals surface area contributed by atoms with E-state index in [1.54, 1.807) is 0 Å². The maximum Gasteiger partial charge on any atom is 0.223 e. The fourth-order valence-electron chi connectivity index (χ4n) is 4.03. The van der Waals surface area contributed by atoms with E-state index in [9.17, 15) is 4.79 Å². The molecular formula is C22H30N4O. The van der Waals surface area contributed by atoms with E-state index < -0.39 is 0 Å². The highest BCUT2D eigenvalue weighted by molar-refractivity contribution is 5.79. The zero-order valence-electron chi connectivity index (χ0n) is 16.7. The Morgan fingerprint density at radius 2 is 1.89 bits per heavy atom. The highest BCUT2D eigenvalue weighted by Crippen LogP contribution is 2.26. The first-order chi connectivity index (χ1) is 13.0. The third-order valence-corrected chi connectivity index (χ3v) is 6.19. The van der Waals surface area contributed by atoms with Crippen molar-refractivity contribution >= 4 is 5.91 Å². The van der Waals surface area contributed by atoms with Crippen LogP contribution < -0.4 is 5.32 Å². The minimum Gasteiger partial charge on any atom is -0.350 e. The van der Waals surface area contributed by atoms with E-state index in [4.69, 9.17) is 0 Å². The molecule has 144 valence electrons. The predicted molar refractivity (Wildman–Crippen MR) is 106 cm³/mol. The van der Waals surface area contributed by atoms with Crippen LogP contribution in [0.15, 0.2) is 18.2 Å². The summed E-state index contributed by atoms with van der Waals surface area (Å²) in [7, 11) is 0. The van der Waals surface area contributed by atoms with Gasteiger partial charge in [-0.2, -0.15) is 5.10 Å². The molecule has 2 aromatic rings. The van der Waals surface area contributed by atoms with E-state index in [2.05, 4.69) is 59.0 Å². The minimum absolute atomic E-state index is 0.194. The second kappa shape index (κ2) is 7.47. The minimum atomic E-state index is 0.194. The van der Waals surface area contributed by atoms with Gasteiger partial charge in [0.2, 0.25) is 5.91 Å². The lowest BCUT2D eigenvalue weighted by molar-refractivity contribution is -0.127. The van der Waals surface area contributed by atoms with Gasteiger partial charge in [0, 0.05) is 25.6 Å². The number of rotatable bonds is 5. The highest BCUT2D eigenvalue weighted by Gasteiger charge is 2.25. The van der Waals surface area contributed by atoms with Gasteiger partial charge in [0.05, 0.1) is 24.5 Å². The summed E-state index contributed by atoms with van der Waals surface area (Å²) in [6.07, 6.45) is 3.27. The molecule has 1 aliphatic carbocycles. The van der Waals surface area contributed by atoms with E-state index >= 15 is 0 Å². The maximum absolute atomic E-state index is 12.0. The standard InChI is InChI=1S/C22H30N4O/c1-15-9-17(3)19(10-16(15)2)13-25-7-8-26-21(14-25)11-20(24-26)12-23-22(27)18-5-4-6-18/h9-11,18H,4-8,12-14H2,1-3H3,(H,23,27). The molecule has 0 atom stereocenters. The third-order valence-electron chi connectivity index (χ3n) is 6.19. The Balaban J connectivity index is 1.37. The average molecular weight is 367 g/mol. The van der Waals surface area contributed by atoms with Gasteiger partial charge < -0.3 is 5.32 Å². The molecule has 2 heterocycles. The van der Waals surface area contributed by atoms with Gasteiger partial charge in [0.15, 0.2) is 0 Å². The van der Waals surface area contributed by atoms with Gasteiger partial charge in [-0.25, -0.2) is 0 Å². The summed E-state index contributed by atoms with van der Waals surface area (Å²) in [4.78, 5) is 14.5. The molecule has 0 bridgehead atoms. The summed E-state index contributed by atoms with van der Waals surface area (Å²) in [5.74, 6) is 0.429. The zero-order chi connectivity index (χ0) is 19.0. The third kappa shape index (κ3) is 3.93. The topological polar surface area (TPSA) is 50.2 Å². The highest BCUT2D eigenvalue weighted by atomic mass is 16.1. The molecule has 2 aliphatic rings. The Hall–Kier alpha value is -2.14. The first kappa shape index (κ1) is 18.2. The monoisotopic (exact) mass is 366 g/mol. The largest absolute Gasteiger partial charge is 0.350 e. The number of hydrogen-bond acceptors (Lipinski definition) is 3. The number of fused-ring (bicyclic) bond motifs is 1. The quantitative estimate of drug-likeness (QED) is 0.884. The van der Waals surface area contributed by atoms with Crippen molar-refractivity contribution in [2.45, 2.75) is 66.2 Å². The van der Waals surface area contributed by atoms with Crippen LogP contribution in [-0.2, 0) is 31.0 Å². The normalized spacial score (nSPS) is 17.4. The number of aromatic nitrogens is 2. The molecule has 0 spiro atoms. The fourth-order valence-corrected chi connectivity index (χ4v) is 4.03. The van der Waals surface area contributed by atoms with Crippen molar-refractivity contribution in [1.29, 1.82) is 0 Å². The molecule has 1 aromatic carbocycles. The molecule has 0 saturated heterocycles. The van der Waals surface area contributed by atoms with Crippen LogP contribution in [0, 0.1) is 26.7 Å². The second-order valence-electron chi connectivity index (χ2n) is 8.27. The van der Waals surface area contributed by atoms with Crippen LogP contribution in [0.4, 0.5) is 0 Å². The van der Waals surface area contributed by atoms with Crippen LogP contribution in [0.5, 0.6) is 0 Å². The van der Waals surface area contributed by atoms with Crippen molar-refractivity contribution in [3.05, 3.63) is 51.8 Å². The maximum atomic E-state index is 12.0. The molecular weight excluding hydrogens is 336 g/mol. The van der Waals surface area contributed by atoms with E-state index in [1.807, 2.05) is 0 Å². The van der Waals surface area contributed by atoms with Crippen LogP contribution in [-0.4, -0.2) is 27.1 Å². The predicted octanol–water partition coefficient (Wildman–Crippen LogP) is 3.24. The number of benzene rings is 1. The Morgan fingerprint density at radius 1 is 1.11 bits per heavy atom. The van der Waals surface area contributed by atoms with Crippen molar-refractivity contribution in [2.75, 3.05) is 6.54 Å². The lowest BCUT2D eigenvalue weighted by Gasteiger charge is -2.28. The van der Waals surface area contributed by atoms with Crippen molar-refractivity contribution in [3.8, 4) is 0 Å². The number of nitrogens with zero attached hydrogens (tertiary/aromatic N) is 3. The SMILES string of the molecule is Cc1cc(C)c(CN2CCn3nc(CNC(=O)C4CCC4)cc3C2)cc1C. The number of hydrogen-bond donors (Lipinski definition) is 1. The summed E-state index contributed by atoms with van der Waals surface area (Å²) in [5.41, 5.74) is 7.73. The van der Waals surface area contributed by atoms with Crippen molar-refractivity contribution < 1.29 is 4.79 Å². The number of amides is 1. The van der Waals surface area contributed by atoms with Crippen molar-refractivity contribution in [1.82, 2.24) is 20.0 Å². The molecule has 1 aliphatic heterocycles. The summed E-state index contributed by atoms with van der Waals surface area (Å²) < 4.78 is 2.11. The molecule has 0 radical (unpaired) electrons. The van der Waals surface area contributed by atoms with E-state index in [-0.39, 0.29) is 11.8 Å². The molecule has 1 aromatic heterocycles. The molecule has 5 nitrogen and oxygen atoms in total. The molecule has 0 unspecified atom stereocenters. The van der Waals surface area contributed by atoms with Crippen LogP contribution >= 0.6 is 0 Å². The summed E-state index contributed by atoms with van der Waals surface area (Å²) in [5, 5.41) is 7.74. The van der Waals surface area contributed by atoms with Crippen molar-refractivity contribution in [2.24, 2.45) is 5.92 Å². The first-order valence-electron chi connectivity index (χ1n) is 10.1. The molecule has 1 N–H and O–H groups in total. The molecule has 5 heteroatoms. The summed E-state index contributed by atoms with van der Waals surface area (Å²) >= 11 is 0. The van der Waals surface area contributed by atoms with Gasteiger partial charge in [-0.1, -0.05) is 18.6 Å². The average Bonchev–Trinajstić information content (AvgIpc) is 2.98. The number of carbonyl (C=O) groups is 1. The summed E-state index contributed by atoms with van der Waals surface area (Å²) in [6.45, 7) is 10.9. The number of carbonyl (C=O) groups excluding carboxylic acids is 1. The van der Waals surface area contributed by atoms with Crippen LogP contribution in [0.2, 0.25) is 0 Å². The van der Waals surface area contributed by atoms with Gasteiger partial charge in [-0.15, -0.1) is 0 Å². The van der Waals surface area contributed by atoms with Gasteiger partial charge in [0.25, 0.3) is 0 Å². The lowest BCUT2D eigenvalue weighted by Crippen LogP contribution is -2.34. The van der Waals surface area contributed by atoms with Gasteiger partial charge in [-0.05, 0) is 61.9 Å². The Morgan fingerprint density at radius 3 is 2.63 bits per heavy atom. The second-order valence-corrected chi connectivity index (χ2v) is 8.27. The number of aryl methyl sites for hydroxylation is 3. The zero-order valence-corrected chi connectivity index (χ0v) is 16.7. The van der Waals surface area contributed by atoms with Crippen LogP contribution in [0.25, 0.3) is 0 Å². The summed E-state index contributed by atoms with van der Waals surface area (Å²) in [6, 6.07) is 6.78. The molecule has 1 saturated carbocycles. The van der Waals surface area contributed by atoms with Gasteiger partial charge in [0.1, 0.15) is 0 Å². The molecule has 1 amide bonds. The molecule has 27 heavy (non-hydrogen) atoms. The fraction of sp³-hybridized carbons (Fsp3) is 0.545. The van der Waals surface area contributed by atoms with E-state index in [0.717, 1.165) is 44.7 Å². The Labute approximate surface area is 161 Å². The molecule has 1 fully saturated rings. The van der Waals surface area contributed by atoms with Crippen LogP contribution in [0.1, 0.15) is 52.9 Å². The Bertz CT molecular complexity index is 850. The van der Waals surface area contributed by atoms with E-state index in [0.29, 0.717) is 6.54 Å². The van der Waals surface area contributed by atoms with Gasteiger partial charge in [-0.3, -0.25) is 14.4 Å². The number of nitrogens with one attached hydrogen (secondary N) is 1. The first-order valence-corrected chi connectivity index (χ1v) is 10.1. The van der Waals surface area contributed by atoms with Gasteiger partial charge >= 0.3 is 0 Å². The molecule has 4 rings (SSSR count). The van der Waals surface area contributed by atoms with Crippen LogP contribution in [0.3, 0.4) is 0 Å². The van der Waals surface area contributed by atoms with E-state index in [1.165, 1.54) is 34.4 Å². The lowest BCUT2D eigenvalue weighted by atomic mass is 9.85. The Kier molecular flexibility index (Phi) is 5.04. The van der Waals surface area contributed by atoms with Crippen molar-refractivity contribution in [3.63, 3.8) is 0 Å². The smallest absolute Gasteiger partial charge is 0.223 e.